The van der Waals surface area contributed by atoms with E-state index in [1.807, 2.05) is 95.9 Å². The third-order valence-corrected chi connectivity index (χ3v) is 5.62. The summed E-state index contributed by atoms with van der Waals surface area (Å²) in [6, 6.07) is 28.9. The number of benzene rings is 3. The van der Waals surface area contributed by atoms with Crippen molar-refractivity contribution in [2.24, 2.45) is 0 Å². The van der Waals surface area contributed by atoms with E-state index in [2.05, 4.69) is 0 Å². The van der Waals surface area contributed by atoms with Gasteiger partial charge in [-0.25, -0.2) is 0 Å². The van der Waals surface area contributed by atoms with Crippen LogP contribution in [0, 0.1) is 0 Å². The Bertz CT molecular complexity index is 831. The molecule has 1 fully saturated rings. The fourth-order valence-electron chi connectivity index (χ4n) is 4.49. The predicted molar refractivity (Wildman–Crippen MR) is 108 cm³/mol. The van der Waals surface area contributed by atoms with Crippen LogP contribution < -0.4 is 0 Å². The van der Waals surface area contributed by atoms with E-state index in [1.54, 1.807) is 0 Å². The maximum absolute atomic E-state index is 12.2. The van der Waals surface area contributed by atoms with Gasteiger partial charge in [0, 0.05) is 6.54 Å². The topological polar surface area (TPSA) is 60.8 Å². The monoisotopic (exact) mass is 373 g/mol. The van der Waals surface area contributed by atoms with Gasteiger partial charge in [0.15, 0.2) is 0 Å². The molecule has 1 aliphatic rings. The molecule has 0 radical (unpaired) electrons. The lowest BCUT2D eigenvalue weighted by atomic mass is 9.75. The third-order valence-electron chi connectivity index (χ3n) is 5.62. The fourth-order valence-corrected chi connectivity index (χ4v) is 4.49. The molecule has 1 saturated heterocycles. The van der Waals surface area contributed by atoms with Gasteiger partial charge in [0.05, 0.1) is 11.6 Å². The molecule has 0 saturated carbocycles. The zero-order valence-electron chi connectivity index (χ0n) is 15.5. The van der Waals surface area contributed by atoms with Crippen molar-refractivity contribution in [3.63, 3.8) is 0 Å². The van der Waals surface area contributed by atoms with E-state index >= 15 is 0 Å². The highest BCUT2D eigenvalue weighted by atomic mass is 16.4. The minimum absolute atomic E-state index is 0.422. The number of rotatable bonds is 5. The van der Waals surface area contributed by atoms with E-state index in [1.165, 1.54) is 0 Å². The number of aliphatic hydroxyl groups excluding tert-OH is 1. The predicted octanol–water partition coefficient (Wildman–Crippen LogP) is 3.50. The Morgan fingerprint density at radius 1 is 0.786 bits per heavy atom. The summed E-state index contributed by atoms with van der Waals surface area (Å²) in [6.45, 7) is 0.483. The fraction of sp³-hybridized carbons (Fsp3) is 0.208. The Hall–Kier alpha value is -2.95. The molecule has 0 unspecified atom stereocenters. The summed E-state index contributed by atoms with van der Waals surface area (Å²) in [6.07, 6.45) is -0.487. The molecule has 4 heteroatoms. The van der Waals surface area contributed by atoms with Crippen LogP contribution in [-0.4, -0.2) is 39.8 Å². The van der Waals surface area contributed by atoms with Crippen LogP contribution in [-0.2, 0) is 10.3 Å². The van der Waals surface area contributed by atoms with E-state index in [0.717, 1.165) is 16.7 Å². The zero-order valence-corrected chi connectivity index (χ0v) is 15.5. The van der Waals surface area contributed by atoms with Crippen molar-refractivity contribution in [1.82, 2.24) is 4.90 Å². The van der Waals surface area contributed by atoms with E-state index < -0.39 is 23.7 Å². The molecule has 2 N–H and O–H groups in total. The second-order valence-corrected chi connectivity index (χ2v) is 7.14. The van der Waals surface area contributed by atoms with Crippen LogP contribution >= 0.6 is 0 Å². The average molecular weight is 373 g/mol. The molecule has 1 aliphatic heterocycles. The summed E-state index contributed by atoms with van der Waals surface area (Å²) in [5.74, 6) is -1.00. The van der Waals surface area contributed by atoms with Gasteiger partial charge in [0.1, 0.15) is 6.04 Å². The highest BCUT2D eigenvalue weighted by molar-refractivity contribution is 5.75. The summed E-state index contributed by atoms with van der Waals surface area (Å²) in [7, 11) is 0. The van der Waals surface area contributed by atoms with Crippen molar-refractivity contribution in [1.29, 1.82) is 0 Å². The van der Waals surface area contributed by atoms with Crippen molar-refractivity contribution in [3.8, 4) is 0 Å². The first-order valence-corrected chi connectivity index (χ1v) is 9.50. The Labute approximate surface area is 164 Å². The average Bonchev–Trinajstić information content (AvgIpc) is 3.13. The summed E-state index contributed by atoms with van der Waals surface area (Å²) in [5.41, 5.74) is 2.12. The van der Waals surface area contributed by atoms with Crippen molar-refractivity contribution in [3.05, 3.63) is 108 Å². The molecule has 0 aromatic heterocycles. The number of carboxylic acid groups (broad SMARTS) is 1. The Kier molecular flexibility index (Phi) is 4.99. The van der Waals surface area contributed by atoms with Gasteiger partial charge in [-0.15, -0.1) is 0 Å². The first kappa shape index (κ1) is 18.4. The number of carboxylic acids is 1. The lowest BCUT2D eigenvalue weighted by molar-refractivity contribution is -0.146. The largest absolute Gasteiger partial charge is 0.480 e. The number of hydrogen-bond acceptors (Lipinski definition) is 3. The molecular formula is C24H23NO3. The summed E-state index contributed by atoms with van der Waals surface area (Å²) in [4.78, 5) is 14.1. The Morgan fingerprint density at radius 3 is 1.54 bits per heavy atom. The number of hydrogen-bond donors (Lipinski definition) is 2. The summed E-state index contributed by atoms with van der Waals surface area (Å²) >= 11 is 0. The summed E-state index contributed by atoms with van der Waals surface area (Å²) in [5, 5.41) is 20.5. The maximum atomic E-state index is 12.2. The highest BCUT2D eigenvalue weighted by Crippen LogP contribution is 2.45. The number of nitrogens with zero attached hydrogens (tertiary/aromatic N) is 1. The molecule has 0 bridgehead atoms. The van der Waals surface area contributed by atoms with Crippen LogP contribution in [0.5, 0.6) is 0 Å². The van der Waals surface area contributed by atoms with Crippen molar-refractivity contribution in [2.45, 2.75) is 24.1 Å². The van der Waals surface area contributed by atoms with Crippen LogP contribution in [0.25, 0.3) is 0 Å². The quantitative estimate of drug-likeness (QED) is 0.672. The summed E-state index contributed by atoms with van der Waals surface area (Å²) < 4.78 is 0. The molecule has 1 heterocycles. The van der Waals surface area contributed by atoms with Crippen molar-refractivity contribution >= 4 is 5.97 Å². The molecule has 0 aliphatic carbocycles. The van der Waals surface area contributed by atoms with E-state index in [-0.39, 0.29) is 0 Å². The standard InChI is InChI=1S/C24H23NO3/c26-21-16-17-25(22(21)23(27)28)24(18-10-4-1-5-11-18,19-12-6-2-7-13-19)20-14-8-3-9-15-20/h1-15,21-22,26H,16-17H2,(H,27,28)/t21-,22-/m0/s1. The van der Waals surface area contributed by atoms with E-state index in [9.17, 15) is 15.0 Å². The van der Waals surface area contributed by atoms with Gasteiger partial charge in [-0.3, -0.25) is 9.69 Å². The SMILES string of the molecule is O=C(O)[C@@H]1[C@@H](O)CCN1C(c1ccccc1)(c1ccccc1)c1ccccc1. The van der Waals surface area contributed by atoms with Gasteiger partial charge in [0.2, 0.25) is 0 Å². The van der Waals surface area contributed by atoms with Gasteiger partial charge in [-0.1, -0.05) is 91.0 Å². The second kappa shape index (κ2) is 7.58. The Morgan fingerprint density at radius 2 is 1.18 bits per heavy atom. The number of aliphatic hydroxyl groups is 1. The lowest BCUT2D eigenvalue weighted by Crippen LogP contribution is -2.54. The molecule has 4 nitrogen and oxygen atoms in total. The van der Waals surface area contributed by atoms with E-state index in [0.29, 0.717) is 13.0 Å². The minimum atomic E-state index is -1.00. The van der Waals surface area contributed by atoms with E-state index in [4.69, 9.17) is 0 Å². The molecule has 0 spiro atoms. The lowest BCUT2D eigenvalue weighted by Gasteiger charge is -2.45. The van der Waals surface area contributed by atoms with Gasteiger partial charge in [0.25, 0.3) is 0 Å². The van der Waals surface area contributed by atoms with Gasteiger partial charge in [-0.05, 0) is 23.1 Å². The molecule has 2 atom stereocenters. The number of likely N-dealkylation sites (tertiary alicyclic amines) is 1. The molecule has 3 aromatic carbocycles. The molecule has 28 heavy (non-hydrogen) atoms. The molecule has 3 aromatic rings. The van der Waals surface area contributed by atoms with Gasteiger partial charge >= 0.3 is 5.97 Å². The smallest absolute Gasteiger partial charge is 0.323 e. The minimum Gasteiger partial charge on any atom is -0.480 e. The first-order valence-electron chi connectivity index (χ1n) is 9.50. The normalized spacial score (nSPS) is 20.2. The molecule has 142 valence electrons. The maximum Gasteiger partial charge on any atom is 0.323 e. The third kappa shape index (κ3) is 2.91. The number of carbonyl (C=O) groups is 1. The van der Waals surface area contributed by atoms with Gasteiger partial charge in [-0.2, -0.15) is 0 Å². The van der Waals surface area contributed by atoms with Crippen LogP contribution in [0.4, 0.5) is 0 Å². The molecular weight excluding hydrogens is 350 g/mol. The van der Waals surface area contributed by atoms with Crippen molar-refractivity contribution in [2.75, 3.05) is 6.54 Å². The van der Waals surface area contributed by atoms with Gasteiger partial charge < -0.3 is 10.2 Å². The second-order valence-electron chi connectivity index (χ2n) is 7.14. The van der Waals surface area contributed by atoms with Crippen LogP contribution in [0.2, 0.25) is 0 Å². The zero-order chi connectivity index (χ0) is 19.6. The van der Waals surface area contributed by atoms with Crippen LogP contribution in [0.3, 0.4) is 0 Å². The van der Waals surface area contributed by atoms with Crippen LogP contribution in [0.15, 0.2) is 91.0 Å². The number of aliphatic carboxylic acids is 1. The Balaban J connectivity index is 2.06. The highest BCUT2D eigenvalue weighted by Gasteiger charge is 2.52. The van der Waals surface area contributed by atoms with Crippen molar-refractivity contribution < 1.29 is 15.0 Å². The molecule has 0 amide bonds. The van der Waals surface area contributed by atoms with Crippen LogP contribution in [0.1, 0.15) is 23.1 Å². The molecule has 4 rings (SSSR count). The first-order chi connectivity index (χ1) is 13.7.